The molecule has 35 heavy (non-hydrogen) atoms. The van der Waals surface area contributed by atoms with Crippen LogP contribution < -0.4 is 5.73 Å². The lowest BCUT2D eigenvalue weighted by Crippen LogP contribution is -2.58. The lowest BCUT2D eigenvalue weighted by Gasteiger charge is -2.45. The zero-order chi connectivity index (χ0) is 24.8. The molecule has 4 rings (SSSR count). The first-order valence-electron chi connectivity index (χ1n) is 11.8. The van der Waals surface area contributed by atoms with Crippen LogP contribution in [0.1, 0.15) is 39.0 Å². The molecule has 0 saturated carbocycles. The average Bonchev–Trinajstić information content (AvgIpc) is 2.88. The van der Waals surface area contributed by atoms with Gasteiger partial charge < -0.3 is 15.6 Å². The Balaban J connectivity index is 1.51. The van der Waals surface area contributed by atoms with Gasteiger partial charge in [-0.05, 0) is 29.2 Å². The van der Waals surface area contributed by atoms with Crippen LogP contribution in [0.5, 0.6) is 0 Å². The normalized spacial score (nSPS) is 20.7. The molecule has 1 atom stereocenters. The van der Waals surface area contributed by atoms with Crippen molar-refractivity contribution in [3.63, 3.8) is 0 Å². The van der Waals surface area contributed by atoms with E-state index < -0.39 is 11.6 Å². The molecule has 3 N–H and O–H groups in total. The minimum Gasteiger partial charge on any atom is -0.480 e. The summed E-state index contributed by atoms with van der Waals surface area (Å²) in [5.74, 6) is 1.22. The number of nitrogens with zero attached hydrogens (tertiary/aromatic N) is 3. The van der Waals surface area contributed by atoms with Gasteiger partial charge in [0, 0.05) is 62.4 Å². The highest BCUT2D eigenvalue weighted by Crippen LogP contribution is 2.35. The largest absolute Gasteiger partial charge is 0.480 e. The molecule has 2 aliphatic heterocycles. The topological polar surface area (TPSA) is 108 Å². The van der Waals surface area contributed by atoms with Crippen LogP contribution in [0.25, 0.3) is 0 Å². The predicted molar refractivity (Wildman–Crippen MR) is 138 cm³/mol. The van der Waals surface area contributed by atoms with E-state index in [2.05, 4.69) is 10.1 Å². The van der Waals surface area contributed by atoms with Crippen LogP contribution in [0.2, 0.25) is 0 Å². The number of thioether (sulfide) groups is 1. The van der Waals surface area contributed by atoms with Crippen LogP contribution in [0.3, 0.4) is 0 Å². The number of benzene rings is 2. The molecule has 0 aromatic heterocycles. The maximum Gasteiger partial charge on any atom is 0.317 e. The molecule has 1 saturated heterocycles. The van der Waals surface area contributed by atoms with Crippen LogP contribution in [0.15, 0.2) is 47.6 Å². The molecule has 0 radical (unpaired) electrons. The minimum atomic E-state index is -0.961. The van der Waals surface area contributed by atoms with Crippen molar-refractivity contribution in [1.82, 2.24) is 9.91 Å². The first kappa shape index (κ1) is 25.4. The fourth-order valence-electron chi connectivity index (χ4n) is 4.63. The molecule has 0 amide bonds. The molecular formula is C26H32N4O4S. The summed E-state index contributed by atoms with van der Waals surface area (Å²) in [5, 5.41) is 16.0. The van der Waals surface area contributed by atoms with Crippen LogP contribution in [-0.4, -0.2) is 84.4 Å². The molecule has 2 aromatic rings. The lowest BCUT2D eigenvalue weighted by atomic mass is 9.84. The van der Waals surface area contributed by atoms with Crippen LogP contribution in [0.4, 0.5) is 0 Å². The summed E-state index contributed by atoms with van der Waals surface area (Å²) in [6, 6.07) is 13.0. The van der Waals surface area contributed by atoms with Crippen molar-refractivity contribution in [1.29, 1.82) is 0 Å². The number of fused-ring (bicyclic) bond motifs is 1. The monoisotopic (exact) mass is 496 g/mol. The van der Waals surface area contributed by atoms with E-state index in [1.54, 1.807) is 18.1 Å². The van der Waals surface area contributed by atoms with Crippen molar-refractivity contribution in [2.24, 2.45) is 10.8 Å². The second-order valence-corrected chi connectivity index (χ2v) is 10.1. The van der Waals surface area contributed by atoms with Gasteiger partial charge in [-0.15, -0.1) is 0 Å². The van der Waals surface area contributed by atoms with E-state index in [0.29, 0.717) is 37.1 Å². The quantitative estimate of drug-likeness (QED) is 0.402. The molecule has 8 nitrogen and oxygen atoms in total. The number of hydrogen-bond donors (Lipinski definition) is 2. The third-order valence-electron chi connectivity index (χ3n) is 6.59. The highest BCUT2D eigenvalue weighted by atomic mass is 32.2. The summed E-state index contributed by atoms with van der Waals surface area (Å²) in [6.45, 7) is 2.67. The second kappa shape index (κ2) is 11.3. The van der Waals surface area contributed by atoms with E-state index in [1.165, 1.54) is 0 Å². The Morgan fingerprint density at radius 3 is 2.54 bits per heavy atom. The van der Waals surface area contributed by atoms with Crippen LogP contribution >= 0.6 is 11.8 Å². The molecule has 0 spiro atoms. The van der Waals surface area contributed by atoms with Gasteiger partial charge in [0.1, 0.15) is 0 Å². The van der Waals surface area contributed by atoms with E-state index in [4.69, 9.17) is 10.5 Å². The number of ketones is 1. The number of aliphatic carboxylic acids is 1. The summed E-state index contributed by atoms with van der Waals surface area (Å²) < 4.78 is 5.24. The first-order chi connectivity index (χ1) is 16.9. The fraction of sp³-hybridized carbons (Fsp3) is 0.423. The SMILES string of the molecule is COCCC1(N)c2ccc(C(=O)c3ccc(C=NN4CCSCC4)cc3)cc2CCN1CC(=O)O. The van der Waals surface area contributed by atoms with Gasteiger partial charge in [0.2, 0.25) is 0 Å². The molecule has 0 bridgehead atoms. The summed E-state index contributed by atoms with van der Waals surface area (Å²) in [7, 11) is 1.60. The number of carboxylic acid groups (broad SMARTS) is 1. The number of carboxylic acids is 1. The van der Waals surface area contributed by atoms with Gasteiger partial charge in [0.25, 0.3) is 0 Å². The van der Waals surface area contributed by atoms with E-state index in [1.807, 2.05) is 54.4 Å². The van der Waals surface area contributed by atoms with Gasteiger partial charge in [-0.1, -0.05) is 36.4 Å². The minimum absolute atomic E-state index is 0.0585. The highest BCUT2D eigenvalue weighted by Gasteiger charge is 2.40. The Bertz CT molecular complexity index is 1090. The van der Waals surface area contributed by atoms with E-state index in [0.717, 1.165) is 41.3 Å². The molecule has 1 unspecified atom stereocenters. The third kappa shape index (κ3) is 5.92. The maximum atomic E-state index is 13.2. The number of methoxy groups -OCH3 is 1. The number of rotatable bonds is 9. The molecule has 0 aliphatic carbocycles. The summed E-state index contributed by atoms with van der Waals surface area (Å²) in [4.78, 5) is 26.4. The zero-order valence-electron chi connectivity index (χ0n) is 20.0. The third-order valence-corrected chi connectivity index (χ3v) is 7.54. The Labute approximate surface area is 210 Å². The number of hydrazone groups is 1. The molecule has 9 heteroatoms. The number of carbonyl (C=O) groups excluding carboxylic acids is 1. The summed E-state index contributed by atoms with van der Waals surface area (Å²) in [6.07, 6.45) is 2.92. The lowest BCUT2D eigenvalue weighted by molar-refractivity contribution is -0.140. The molecule has 2 heterocycles. The van der Waals surface area contributed by atoms with Gasteiger partial charge >= 0.3 is 5.97 Å². The molecule has 2 aliphatic rings. The fourth-order valence-corrected chi connectivity index (χ4v) is 5.51. The average molecular weight is 497 g/mol. The van der Waals surface area contributed by atoms with Crippen molar-refractivity contribution < 1.29 is 19.4 Å². The Morgan fingerprint density at radius 1 is 1.14 bits per heavy atom. The van der Waals surface area contributed by atoms with Crippen molar-refractivity contribution in [3.8, 4) is 0 Å². The van der Waals surface area contributed by atoms with Gasteiger partial charge in [-0.3, -0.25) is 19.5 Å². The van der Waals surface area contributed by atoms with E-state index in [-0.39, 0.29) is 12.3 Å². The molecular weight excluding hydrogens is 464 g/mol. The standard InChI is InChI=1S/C26H32N4O4S/c1-34-13-9-26(27)23-7-6-22(16-21(23)8-10-29(26)18-24(31)32)25(33)20-4-2-19(3-5-20)17-28-30-11-14-35-15-12-30/h2-7,16-17H,8-15,18,27H2,1H3,(H,31,32). The molecule has 186 valence electrons. The smallest absolute Gasteiger partial charge is 0.317 e. The number of carbonyl (C=O) groups is 2. The van der Waals surface area contributed by atoms with E-state index >= 15 is 0 Å². The number of ether oxygens (including phenoxy) is 1. The van der Waals surface area contributed by atoms with Gasteiger partial charge in [0.15, 0.2) is 5.78 Å². The Hall–Kier alpha value is -2.72. The van der Waals surface area contributed by atoms with Crippen molar-refractivity contribution in [3.05, 3.63) is 70.3 Å². The first-order valence-corrected chi connectivity index (χ1v) is 13.0. The van der Waals surface area contributed by atoms with Gasteiger partial charge in [-0.25, -0.2) is 0 Å². The van der Waals surface area contributed by atoms with Crippen molar-refractivity contribution in [2.75, 3.05) is 51.4 Å². The van der Waals surface area contributed by atoms with E-state index in [9.17, 15) is 14.7 Å². The molecule has 1 fully saturated rings. The highest BCUT2D eigenvalue weighted by molar-refractivity contribution is 7.99. The molecule has 2 aromatic carbocycles. The Kier molecular flexibility index (Phi) is 8.22. The van der Waals surface area contributed by atoms with Gasteiger partial charge in [0.05, 0.1) is 18.4 Å². The van der Waals surface area contributed by atoms with Crippen molar-refractivity contribution >= 4 is 29.7 Å². The Morgan fingerprint density at radius 2 is 1.86 bits per heavy atom. The zero-order valence-corrected chi connectivity index (χ0v) is 20.8. The number of hydrogen-bond acceptors (Lipinski definition) is 8. The number of nitrogens with two attached hydrogens (primary N) is 1. The van der Waals surface area contributed by atoms with Crippen molar-refractivity contribution in [2.45, 2.75) is 18.5 Å². The maximum absolute atomic E-state index is 13.2. The van der Waals surface area contributed by atoms with Crippen LogP contribution in [-0.2, 0) is 21.6 Å². The summed E-state index contributed by atoms with van der Waals surface area (Å²) in [5.41, 5.74) is 9.78. The predicted octanol–water partition coefficient (Wildman–Crippen LogP) is 2.39. The van der Waals surface area contributed by atoms with Gasteiger partial charge in [-0.2, -0.15) is 16.9 Å². The van der Waals surface area contributed by atoms with Crippen LogP contribution in [0, 0.1) is 0 Å². The summed E-state index contributed by atoms with van der Waals surface area (Å²) >= 11 is 1.95. The second-order valence-electron chi connectivity index (χ2n) is 8.87.